The van der Waals surface area contributed by atoms with Gasteiger partial charge in [-0.2, -0.15) is 0 Å². The molecule has 0 saturated heterocycles. The Balaban J connectivity index is 1.72. The second-order valence-electron chi connectivity index (χ2n) is 6.07. The Hall–Kier alpha value is -0.530. The first-order valence-corrected chi connectivity index (χ1v) is 7.51. The molecular weight excluding hydrogens is 244 g/mol. The van der Waals surface area contributed by atoms with E-state index in [0.29, 0.717) is 0 Å². The highest BCUT2D eigenvalue weighted by Gasteiger charge is 2.40. The number of hydrogen-bond acceptors (Lipinski definition) is 1. The van der Waals surface area contributed by atoms with E-state index in [0.717, 1.165) is 34.8 Å². The number of aliphatic hydroxyl groups is 1. The molecular formula is C16H21ClO. The lowest BCUT2D eigenvalue weighted by atomic mass is 9.80. The molecule has 1 nitrogen and oxygen atoms in total. The Morgan fingerprint density at radius 2 is 2.06 bits per heavy atom. The van der Waals surface area contributed by atoms with E-state index in [1.54, 1.807) is 0 Å². The molecule has 0 aromatic heterocycles. The second kappa shape index (κ2) is 5.22. The van der Waals surface area contributed by atoms with Crippen LogP contribution in [0.3, 0.4) is 0 Å². The Morgan fingerprint density at radius 1 is 1.22 bits per heavy atom. The maximum Gasteiger partial charge on any atom is 0.0500 e. The lowest BCUT2D eigenvalue weighted by molar-refractivity contribution is 0.219. The zero-order valence-corrected chi connectivity index (χ0v) is 11.4. The zero-order chi connectivity index (χ0) is 12.5. The van der Waals surface area contributed by atoms with Crippen molar-refractivity contribution < 1.29 is 5.11 Å². The highest BCUT2D eigenvalue weighted by Crippen LogP contribution is 2.51. The molecule has 2 aliphatic rings. The molecule has 1 aromatic rings. The highest BCUT2D eigenvalue weighted by molar-refractivity contribution is 6.31. The minimum absolute atomic E-state index is 0.220. The average molecular weight is 265 g/mol. The largest absolute Gasteiger partial charge is 0.396 e. The van der Waals surface area contributed by atoms with Crippen LogP contribution in [-0.4, -0.2) is 11.7 Å². The molecule has 2 bridgehead atoms. The zero-order valence-electron chi connectivity index (χ0n) is 10.7. The monoisotopic (exact) mass is 264 g/mol. The van der Waals surface area contributed by atoms with Crippen LogP contribution in [0.4, 0.5) is 0 Å². The molecule has 3 rings (SSSR count). The van der Waals surface area contributed by atoms with E-state index >= 15 is 0 Å². The summed E-state index contributed by atoms with van der Waals surface area (Å²) in [6.45, 7) is 0.220. The standard InChI is InChI=1S/C16H21ClO/c17-16-4-2-1-3-15(16)14(10-18)9-13-8-11-5-6-12(13)7-11/h1-4,11-14,18H,5-10H2. The smallest absolute Gasteiger partial charge is 0.0500 e. The molecule has 0 spiro atoms. The Bertz CT molecular complexity index is 417. The van der Waals surface area contributed by atoms with E-state index in [1.807, 2.05) is 18.2 Å². The molecule has 1 aromatic carbocycles. The minimum atomic E-state index is 0.220. The number of benzene rings is 1. The van der Waals surface area contributed by atoms with Crippen molar-refractivity contribution in [1.29, 1.82) is 0 Å². The van der Waals surface area contributed by atoms with Crippen LogP contribution in [0.25, 0.3) is 0 Å². The molecule has 0 heterocycles. The summed E-state index contributed by atoms with van der Waals surface area (Å²) >= 11 is 6.25. The van der Waals surface area contributed by atoms with Crippen LogP contribution in [0.15, 0.2) is 24.3 Å². The van der Waals surface area contributed by atoms with Gasteiger partial charge in [0, 0.05) is 17.5 Å². The van der Waals surface area contributed by atoms with Gasteiger partial charge in [0.1, 0.15) is 0 Å². The highest BCUT2D eigenvalue weighted by atomic mass is 35.5. The number of hydrogen-bond donors (Lipinski definition) is 1. The first kappa shape index (κ1) is 12.5. The van der Waals surface area contributed by atoms with E-state index in [4.69, 9.17) is 11.6 Å². The molecule has 0 aliphatic heterocycles. The van der Waals surface area contributed by atoms with Gasteiger partial charge < -0.3 is 5.11 Å². The molecule has 4 unspecified atom stereocenters. The number of halogens is 1. The van der Waals surface area contributed by atoms with Crippen molar-refractivity contribution in [3.8, 4) is 0 Å². The van der Waals surface area contributed by atoms with E-state index in [2.05, 4.69) is 6.07 Å². The lowest BCUT2D eigenvalue weighted by Crippen LogP contribution is -2.16. The molecule has 2 heteroatoms. The third-order valence-electron chi connectivity index (χ3n) is 5.04. The van der Waals surface area contributed by atoms with Crippen molar-refractivity contribution in [3.63, 3.8) is 0 Å². The summed E-state index contributed by atoms with van der Waals surface area (Å²) in [5.41, 5.74) is 1.13. The third kappa shape index (κ3) is 2.31. The maximum atomic E-state index is 9.68. The SMILES string of the molecule is OCC(CC1CC2CCC1C2)c1ccccc1Cl. The summed E-state index contributed by atoms with van der Waals surface area (Å²) in [7, 11) is 0. The van der Waals surface area contributed by atoms with Gasteiger partial charge in [0.25, 0.3) is 0 Å². The van der Waals surface area contributed by atoms with Crippen molar-refractivity contribution >= 4 is 11.6 Å². The minimum Gasteiger partial charge on any atom is -0.396 e. The first-order chi connectivity index (χ1) is 8.78. The van der Waals surface area contributed by atoms with Gasteiger partial charge in [-0.1, -0.05) is 36.2 Å². The van der Waals surface area contributed by atoms with Gasteiger partial charge in [0.05, 0.1) is 0 Å². The molecule has 4 atom stereocenters. The first-order valence-electron chi connectivity index (χ1n) is 7.13. The van der Waals surface area contributed by atoms with Crippen molar-refractivity contribution in [3.05, 3.63) is 34.9 Å². The van der Waals surface area contributed by atoms with Crippen LogP contribution in [0.2, 0.25) is 5.02 Å². The lowest BCUT2D eigenvalue weighted by Gasteiger charge is -2.26. The quantitative estimate of drug-likeness (QED) is 0.862. The van der Waals surface area contributed by atoms with Crippen molar-refractivity contribution in [2.75, 3.05) is 6.61 Å². The van der Waals surface area contributed by atoms with Crippen LogP contribution in [-0.2, 0) is 0 Å². The summed E-state index contributed by atoms with van der Waals surface area (Å²) in [5, 5.41) is 10.5. The molecule has 2 fully saturated rings. The summed E-state index contributed by atoms with van der Waals surface area (Å²) in [6, 6.07) is 7.97. The van der Waals surface area contributed by atoms with Crippen LogP contribution >= 0.6 is 11.6 Å². The van der Waals surface area contributed by atoms with Gasteiger partial charge in [-0.05, 0) is 55.1 Å². The fourth-order valence-electron chi connectivity index (χ4n) is 4.14. The van der Waals surface area contributed by atoms with Crippen LogP contribution in [0.1, 0.15) is 43.6 Å². The fraction of sp³-hybridized carbons (Fsp3) is 0.625. The van der Waals surface area contributed by atoms with Crippen molar-refractivity contribution in [1.82, 2.24) is 0 Å². The molecule has 98 valence electrons. The van der Waals surface area contributed by atoms with Crippen LogP contribution in [0.5, 0.6) is 0 Å². The summed E-state index contributed by atoms with van der Waals surface area (Å²) in [4.78, 5) is 0. The van der Waals surface area contributed by atoms with Crippen LogP contribution < -0.4 is 0 Å². The molecule has 2 aliphatic carbocycles. The maximum absolute atomic E-state index is 9.68. The van der Waals surface area contributed by atoms with E-state index in [-0.39, 0.29) is 12.5 Å². The Labute approximate surface area is 114 Å². The van der Waals surface area contributed by atoms with Gasteiger partial charge in [-0.25, -0.2) is 0 Å². The summed E-state index contributed by atoms with van der Waals surface area (Å²) in [5.74, 6) is 2.94. The molecule has 0 amide bonds. The van der Waals surface area contributed by atoms with Gasteiger partial charge in [0.15, 0.2) is 0 Å². The predicted molar refractivity (Wildman–Crippen MR) is 74.8 cm³/mol. The van der Waals surface area contributed by atoms with Gasteiger partial charge >= 0.3 is 0 Å². The summed E-state index contributed by atoms with van der Waals surface area (Å²) < 4.78 is 0. The van der Waals surface area contributed by atoms with Crippen molar-refractivity contribution in [2.24, 2.45) is 17.8 Å². The third-order valence-corrected chi connectivity index (χ3v) is 5.38. The van der Waals surface area contributed by atoms with E-state index in [1.165, 1.54) is 25.7 Å². The topological polar surface area (TPSA) is 20.2 Å². The van der Waals surface area contributed by atoms with Crippen molar-refractivity contribution in [2.45, 2.75) is 38.0 Å². The van der Waals surface area contributed by atoms with Gasteiger partial charge in [-0.15, -0.1) is 0 Å². The van der Waals surface area contributed by atoms with Gasteiger partial charge in [-0.3, -0.25) is 0 Å². The van der Waals surface area contributed by atoms with Gasteiger partial charge in [0.2, 0.25) is 0 Å². The second-order valence-corrected chi connectivity index (χ2v) is 6.48. The van der Waals surface area contributed by atoms with E-state index in [9.17, 15) is 5.11 Å². The molecule has 1 N–H and O–H groups in total. The summed E-state index contributed by atoms with van der Waals surface area (Å²) in [6.07, 6.45) is 6.78. The average Bonchev–Trinajstić information content (AvgIpc) is 2.99. The van der Waals surface area contributed by atoms with E-state index < -0.39 is 0 Å². The number of fused-ring (bicyclic) bond motifs is 2. The molecule has 0 radical (unpaired) electrons. The normalized spacial score (nSPS) is 31.8. The Kier molecular flexibility index (Phi) is 3.63. The predicted octanol–water partition coefficient (Wildman–Crippen LogP) is 4.24. The fourth-order valence-corrected chi connectivity index (χ4v) is 4.43. The van der Waals surface area contributed by atoms with Crippen LogP contribution in [0, 0.1) is 17.8 Å². The molecule has 2 saturated carbocycles. The number of rotatable bonds is 4. The Morgan fingerprint density at radius 3 is 2.67 bits per heavy atom. The molecule has 18 heavy (non-hydrogen) atoms. The number of aliphatic hydroxyl groups excluding tert-OH is 1.